The number of allylic oxidation sites excluding steroid dienone is 10. The van der Waals surface area contributed by atoms with Crippen LogP contribution < -0.4 is 0 Å². The van der Waals surface area contributed by atoms with Gasteiger partial charge in [-0.2, -0.15) is 0 Å². The van der Waals surface area contributed by atoms with E-state index in [-0.39, 0.29) is 37.5 Å². The van der Waals surface area contributed by atoms with E-state index in [1.54, 1.807) is 0 Å². The van der Waals surface area contributed by atoms with Crippen molar-refractivity contribution in [1.82, 2.24) is 0 Å². The Morgan fingerprint density at radius 1 is 0.323 bits per heavy atom. The van der Waals surface area contributed by atoms with Gasteiger partial charge < -0.3 is 14.2 Å². The molecule has 0 fully saturated rings. The molecule has 6 nitrogen and oxygen atoms in total. The van der Waals surface area contributed by atoms with Crippen molar-refractivity contribution in [2.24, 2.45) is 0 Å². The molecule has 0 heterocycles. The highest BCUT2D eigenvalue weighted by molar-refractivity contribution is 5.71. The van der Waals surface area contributed by atoms with E-state index in [4.69, 9.17) is 14.2 Å². The zero-order valence-corrected chi connectivity index (χ0v) is 43.0. The van der Waals surface area contributed by atoms with Gasteiger partial charge in [0.05, 0.1) is 0 Å². The molecule has 65 heavy (non-hydrogen) atoms. The van der Waals surface area contributed by atoms with Gasteiger partial charge in [0.1, 0.15) is 13.2 Å². The molecule has 0 amide bonds. The third-order valence-corrected chi connectivity index (χ3v) is 12.0. The second kappa shape index (κ2) is 53.7. The molecule has 0 saturated carbocycles. The first-order chi connectivity index (χ1) is 32.0. The fourth-order valence-electron chi connectivity index (χ4n) is 7.89. The maximum atomic E-state index is 12.8. The van der Waals surface area contributed by atoms with E-state index in [2.05, 4.69) is 81.5 Å². The van der Waals surface area contributed by atoms with Crippen molar-refractivity contribution in [3.8, 4) is 0 Å². The lowest BCUT2D eigenvalue weighted by Crippen LogP contribution is -2.30. The quantitative estimate of drug-likeness (QED) is 0.0262. The lowest BCUT2D eigenvalue weighted by Gasteiger charge is -2.18. The van der Waals surface area contributed by atoms with Crippen LogP contribution in [-0.2, 0) is 28.6 Å². The van der Waals surface area contributed by atoms with Gasteiger partial charge in [-0.1, -0.05) is 261 Å². The third kappa shape index (κ3) is 51.9. The Bertz CT molecular complexity index is 1180. The van der Waals surface area contributed by atoms with Crippen LogP contribution in [0.15, 0.2) is 60.8 Å². The smallest absolute Gasteiger partial charge is 0.306 e. The second-order valence-electron chi connectivity index (χ2n) is 18.5. The molecule has 1 atom stereocenters. The molecule has 0 rings (SSSR count). The molecule has 1 unspecified atom stereocenters. The molecular weight excluding hydrogens is 805 g/mol. The SMILES string of the molecule is CC/C=C\C/C=C\C/C=C\C/C=C\C/C=C\CCCC(=O)OC(COC(=O)CCCCCCCCCCC)COC(=O)CCCCCCCCCCCCCCCCCCCCCCC. The average Bonchev–Trinajstić information content (AvgIpc) is 3.30. The maximum absolute atomic E-state index is 12.8. The summed E-state index contributed by atoms with van der Waals surface area (Å²) < 4.78 is 16.8. The molecule has 0 aromatic rings. The van der Waals surface area contributed by atoms with Gasteiger partial charge in [-0.25, -0.2) is 0 Å². The molecule has 0 saturated heterocycles. The summed E-state index contributed by atoms with van der Waals surface area (Å²) in [6, 6.07) is 0. The standard InChI is InChI=1S/C59H104O6/c1-4-7-10-13-16-19-21-23-25-27-28-29-30-32-33-35-37-40-43-46-49-52-58(61)64-55-56(54-63-57(60)51-48-45-42-39-18-15-12-9-6-3)65-59(62)53-50-47-44-41-38-36-34-31-26-24-22-20-17-14-11-8-5-2/h8,11,17,20,24,26,34,36,41,44,56H,4-7,9-10,12-16,18-19,21-23,25,27-33,35,37-40,42-43,45-55H2,1-3H3/b11-8-,20-17-,26-24-,36-34-,44-41-. The topological polar surface area (TPSA) is 78.9 Å². The molecule has 0 aliphatic heterocycles. The van der Waals surface area contributed by atoms with E-state index in [9.17, 15) is 14.4 Å². The highest BCUT2D eigenvalue weighted by Crippen LogP contribution is 2.16. The minimum Gasteiger partial charge on any atom is -0.462 e. The van der Waals surface area contributed by atoms with Crippen LogP contribution in [0.2, 0.25) is 0 Å². The van der Waals surface area contributed by atoms with Gasteiger partial charge in [0.2, 0.25) is 0 Å². The fourth-order valence-corrected chi connectivity index (χ4v) is 7.89. The van der Waals surface area contributed by atoms with Crippen molar-refractivity contribution < 1.29 is 28.6 Å². The molecule has 0 aromatic carbocycles. The molecule has 0 radical (unpaired) electrons. The van der Waals surface area contributed by atoms with E-state index in [0.29, 0.717) is 19.3 Å². The van der Waals surface area contributed by atoms with Gasteiger partial charge in [0.15, 0.2) is 6.10 Å². The maximum Gasteiger partial charge on any atom is 0.306 e. The molecule has 376 valence electrons. The minimum atomic E-state index is -0.799. The number of esters is 3. The lowest BCUT2D eigenvalue weighted by atomic mass is 10.0. The molecule has 0 aliphatic rings. The normalized spacial score (nSPS) is 12.5. The monoisotopic (exact) mass is 909 g/mol. The van der Waals surface area contributed by atoms with Gasteiger partial charge in [-0.3, -0.25) is 14.4 Å². The number of hydrogen-bond donors (Lipinski definition) is 0. The van der Waals surface area contributed by atoms with Gasteiger partial charge >= 0.3 is 17.9 Å². The van der Waals surface area contributed by atoms with Gasteiger partial charge in [-0.15, -0.1) is 0 Å². The summed E-state index contributed by atoms with van der Waals surface area (Å²) >= 11 is 0. The Morgan fingerprint density at radius 2 is 0.600 bits per heavy atom. The molecular formula is C59H104O6. The number of hydrogen-bond acceptors (Lipinski definition) is 6. The van der Waals surface area contributed by atoms with Gasteiger partial charge in [-0.05, 0) is 57.8 Å². The molecule has 0 aromatic heterocycles. The first-order valence-corrected chi connectivity index (χ1v) is 27.8. The average molecular weight is 909 g/mol. The Balaban J connectivity index is 4.31. The number of carbonyl (C=O) groups excluding carboxylic acids is 3. The first-order valence-electron chi connectivity index (χ1n) is 27.8. The summed E-state index contributed by atoms with van der Waals surface area (Å²) in [6.07, 6.45) is 66.6. The van der Waals surface area contributed by atoms with E-state index in [1.165, 1.54) is 154 Å². The number of unbranched alkanes of at least 4 members (excludes halogenated alkanes) is 29. The number of rotatable bonds is 50. The Morgan fingerprint density at radius 3 is 0.923 bits per heavy atom. The van der Waals surface area contributed by atoms with E-state index >= 15 is 0 Å². The van der Waals surface area contributed by atoms with Crippen molar-refractivity contribution in [3.05, 3.63) is 60.8 Å². The molecule has 0 bridgehead atoms. The summed E-state index contributed by atoms with van der Waals surface area (Å²) in [5.74, 6) is -0.945. The zero-order valence-electron chi connectivity index (χ0n) is 43.0. The predicted octanol–water partition coefficient (Wildman–Crippen LogP) is 18.4. The highest BCUT2D eigenvalue weighted by Gasteiger charge is 2.19. The minimum absolute atomic E-state index is 0.0933. The molecule has 0 N–H and O–H groups in total. The summed E-state index contributed by atoms with van der Waals surface area (Å²) in [7, 11) is 0. The zero-order chi connectivity index (χ0) is 47.2. The van der Waals surface area contributed by atoms with E-state index < -0.39 is 6.10 Å². The van der Waals surface area contributed by atoms with Crippen LogP contribution in [0.5, 0.6) is 0 Å². The largest absolute Gasteiger partial charge is 0.462 e. The second-order valence-corrected chi connectivity index (χ2v) is 18.5. The summed E-state index contributed by atoms with van der Waals surface area (Å²) in [5.41, 5.74) is 0. The van der Waals surface area contributed by atoms with Crippen molar-refractivity contribution in [2.75, 3.05) is 13.2 Å². The Kier molecular flexibility index (Phi) is 51.3. The van der Waals surface area contributed by atoms with Crippen molar-refractivity contribution >= 4 is 17.9 Å². The predicted molar refractivity (Wildman–Crippen MR) is 279 cm³/mol. The van der Waals surface area contributed by atoms with Crippen LogP contribution in [0.4, 0.5) is 0 Å². The Hall–Kier alpha value is -2.89. The number of ether oxygens (including phenoxy) is 3. The molecule has 6 heteroatoms. The van der Waals surface area contributed by atoms with Crippen molar-refractivity contribution in [2.45, 2.75) is 284 Å². The molecule has 0 aliphatic carbocycles. The van der Waals surface area contributed by atoms with Gasteiger partial charge in [0, 0.05) is 19.3 Å². The van der Waals surface area contributed by atoms with Gasteiger partial charge in [0.25, 0.3) is 0 Å². The van der Waals surface area contributed by atoms with E-state index in [0.717, 1.165) is 77.0 Å². The van der Waals surface area contributed by atoms with E-state index in [1.807, 2.05) is 0 Å². The summed E-state index contributed by atoms with van der Waals surface area (Å²) in [6.45, 7) is 6.48. The highest BCUT2D eigenvalue weighted by atomic mass is 16.6. The van der Waals surface area contributed by atoms with Crippen LogP contribution in [0.1, 0.15) is 278 Å². The van der Waals surface area contributed by atoms with Crippen molar-refractivity contribution in [3.63, 3.8) is 0 Å². The summed E-state index contributed by atoms with van der Waals surface area (Å²) in [5, 5.41) is 0. The van der Waals surface area contributed by atoms with Crippen LogP contribution in [0.25, 0.3) is 0 Å². The fraction of sp³-hybridized carbons (Fsp3) is 0.780. The summed E-state index contributed by atoms with van der Waals surface area (Å²) in [4.78, 5) is 38.0. The number of carbonyl (C=O) groups is 3. The van der Waals surface area contributed by atoms with Crippen LogP contribution in [0.3, 0.4) is 0 Å². The van der Waals surface area contributed by atoms with Crippen LogP contribution in [0, 0.1) is 0 Å². The van der Waals surface area contributed by atoms with Crippen LogP contribution in [-0.4, -0.2) is 37.2 Å². The third-order valence-electron chi connectivity index (χ3n) is 12.0. The lowest BCUT2D eigenvalue weighted by molar-refractivity contribution is -0.167. The molecule has 0 spiro atoms. The van der Waals surface area contributed by atoms with Crippen LogP contribution >= 0.6 is 0 Å². The van der Waals surface area contributed by atoms with Crippen molar-refractivity contribution in [1.29, 1.82) is 0 Å². The Labute approximate surface area is 402 Å². The first kappa shape index (κ1) is 62.1.